The number of aliphatic hydroxyl groups excluding tert-OH is 1. The van der Waals surface area contributed by atoms with E-state index < -0.39 is 6.10 Å². The summed E-state index contributed by atoms with van der Waals surface area (Å²) in [4.78, 5) is 0. The first-order chi connectivity index (χ1) is 7.97. The van der Waals surface area contributed by atoms with E-state index in [4.69, 9.17) is 4.74 Å². The summed E-state index contributed by atoms with van der Waals surface area (Å²) in [6.45, 7) is 11.0. The Morgan fingerprint density at radius 3 is 2.29 bits per heavy atom. The molecule has 1 rings (SSSR count). The van der Waals surface area contributed by atoms with Crippen molar-refractivity contribution in [3.05, 3.63) is 28.8 Å². The number of benzene rings is 1. The highest BCUT2D eigenvalue weighted by atomic mass is 16.5. The SMILES string of the molecule is CCCOc1cc(C)c(C(C)O)cc1C(C)C. The summed E-state index contributed by atoms with van der Waals surface area (Å²) in [7, 11) is 0. The zero-order chi connectivity index (χ0) is 13.0. The topological polar surface area (TPSA) is 29.5 Å². The molecule has 0 aliphatic rings. The van der Waals surface area contributed by atoms with Gasteiger partial charge in [-0.2, -0.15) is 0 Å². The van der Waals surface area contributed by atoms with E-state index in [2.05, 4.69) is 26.8 Å². The molecular formula is C15H24O2. The lowest BCUT2D eigenvalue weighted by Gasteiger charge is -2.18. The first-order valence-electron chi connectivity index (χ1n) is 6.42. The molecule has 1 aromatic carbocycles. The molecule has 0 heterocycles. The molecule has 0 amide bonds. The van der Waals surface area contributed by atoms with Crippen molar-refractivity contribution < 1.29 is 9.84 Å². The van der Waals surface area contributed by atoms with Gasteiger partial charge in [0.05, 0.1) is 12.7 Å². The maximum absolute atomic E-state index is 9.74. The minimum atomic E-state index is -0.423. The molecule has 2 heteroatoms. The Morgan fingerprint density at radius 1 is 1.18 bits per heavy atom. The third-order valence-electron chi connectivity index (χ3n) is 2.93. The van der Waals surface area contributed by atoms with Gasteiger partial charge in [0.15, 0.2) is 0 Å². The molecule has 1 unspecified atom stereocenters. The van der Waals surface area contributed by atoms with E-state index in [1.807, 2.05) is 13.0 Å². The van der Waals surface area contributed by atoms with Gasteiger partial charge in [-0.3, -0.25) is 0 Å². The lowest BCUT2D eigenvalue weighted by Crippen LogP contribution is -2.04. The van der Waals surface area contributed by atoms with Crippen LogP contribution in [0.3, 0.4) is 0 Å². The van der Waals surface area contributed by atoms with E-state index in [1.165, 1.54) is 5.56 Å². The minimum Gasteiger partial charge on any atom is -0.493 e. The van der Waals surface area contributed by atoms with Crippen LogP contribution in [0.1, 0.15) is 62.8 Å². The van der Waals surface area contributed by atoms with Gasteiger partial charge in [-0.25, -0.2) is 0 Å². The second kappa shape index (κ2) is 6.06. The molecule has 0 aliphatic heterocycles. The molecule has 0 aliphatic carbocycles. The van der Waals surface area contributed by atoms with Crippen LogP contribution < -0.4 is 4.74 Å². The van der Waals surface area contributed by atoms with Crippen LogP contribution in [0.25, 0.3) is 0 Å². The van der Waals surface area contributed by atoms with Gasteiger partial charge >= 0.3 is 0 Å². The van der Waals surface area contributed by atoms with Crippen LogP contribution in [0.4, 0.5) is 0 Å². The van der Waals surface area contributed by atoms with Crippen molar-refractivity contribution in [2.24, 2.45) is 0 Å². The fourth-order valence-corrected chi connectivity index (χ4v) is 1.95. The van der Waals surface area contributed by atoms with Gasteiger partial charge < -0.3 is 9.84 Å². The summed E-state index contributed by atoms with van der Waals surface area (Å²) in [5.41, 5.74) is 3.27. The summed E-state index contributed by atoms with van der Waals surface area (Å²) in [6, 6.07) is 4.13. The van der Waals surface area contributed by atoms with Gasteiger partial charge in [-0.05, 0) is 55.0 Å². The van der Waals surface area contributed by atoms with Crippen LogP contribution in [0.2, 0.25) is 0 Å². The van der Waals surface area contributed by atoms with Crippen molar-refractivity contribution in [3.8, 4) is 5.75 Å². The summed E-state index contributed by atoms with van der Waals surface area (Å²) < 4.78 is 5.78. The normalized spacial score (nSPS) is 12.9. The summed E-state index contributed by atoms with van der Waals surface area (Å²) in [6.07, 6.45) is 0.585. The predicted octanol–water partition coefficient (Wildman–Crippen LogP) is 3.96. The smallest absolute Gasteiger partial charge is 0.123 e. The number of aryl methyl sites for hydroxylation is 1. The number of hydrogen-bond donors (Lipinski definition) is 1. The Kier molecular flexibility index (Phi) is 5.01. The molecule has 1 aromatic rings. The van der Waals surface area contributed by atoms with Crippen LogP contribution in [0.15, 0.2) is 12.1 Å². The quantitative estimate of drug-likeness (QED) is 0.838. The Bertz CT molecular complexity index is 367. The van der Waals surface area contributed by atoms with Crippen molar-refractivity contribution in [1.29, 1.82) is 0 Å². The summed E-state index contributed by atoms with van der Waals surface area (Å²) in [5.74, 6) is 1.36. The van der Waals surface area contributed by atoms with Crippen LogP contribution in [-0.4, -0.2) is 11.7 Å². The average molecular weight is 236 g/mol. The van der Waals surface area contributed by atoms with Gasteiger partial charge in [0.1, 0.15) is 5.75 Å². The molecular weight excluding hydrogens is 212 g/mol. The average Bonchev–Trinajstić information content (AvgIpc) is 2.25. The monoisotopic (exact) mass is 236 g/mol. The zero-order valence-corrected chi connectivity index (χ0v) is 11.6. The summed E-state index contributed by atoms with van der Waals surface area (Å²) >= 11 is 0. The molecule has 0 aromatic heterocycles. The molecule has 0 radical (unpaired) electrons. The van der Waals surface area contributed by atoms with Crippen LogP contribution in [0.5, 0.6) is 5.75 Å². The second-order valence-corrected chi connectivity index (χ2v) is 4.93. The Morgan fingerprint density at radius 2 is 1.82 bits per heavy atom. The molecule has 0 saturated heterocycles. The fraction of sp³-hybridized carbons (Fsp3) is 0.600. The van der Waals surface area contributed by atoms with Gasteiger partial charge in [-0.15, -0.1) is 0 Å². The molecule has 1 N–H and O–H groups in total. The van der Waals surface area contributed by atoms with Crippen LogP contribution >= 0.6 is 0 Å². The number of ether oxygens (including phenoxy) is 1. The summed E-state index contributed by atoms with van der Waals surface area (Å²) in [5, 5.41) is 9.74. The van der Waals surface area contributed by atoms with Gasteiger partial charge in [0.2, 0.25) is 0 Å². The molecule has 2 nitrogen and oxygen atoms in total. The first-order valence-corrected chi connectivity index (χ1v) is 6.42. The highest BCUT2D eigenvalue weighted by molar-refractivity contribution is 5.44. The molecule has 0 fully saturated rings. The molecule has 96 valence electrons. The van der Waals surface area contributed by atoms with Crippen molar-refractivity contribution in [2.45, 2.75) is 53.1 Å². The van der Waals surface area contributed by atoms with Gasteiger partial charge in [-0.1, -0.05) is 20.8 Å². The molecule has 0 bridgehead atoms. The first kappa shape index (κ1) is 14.0. The van der Waals surface area contributed by atoms with Crippen LogP contribution in [-0.2, 0) is 0 Å². The van der Waals surface area contributed by atoms with Crippen molar-refractivity contribution in [2.75, 3.05) is 6.61 Å². The van der Waals surface area contributed by atoms with Crippen LogP contribution in [0, 0.1) is 6.92 Å². The Hall–Kier alpha value is -1.02. The number of hydrogen-bond acceptors (Lipinski definition) is 2. The molecule has 0 spiro atoms. The number of rotatable bonds is 5. The molecule has 0 saturated carbocycles. The Balaban J connectivity index is 3.16. The van der Waals surface area contributed by atoms with Gasteiger partial charge in [0.25, 0.3) is 0 Å². The van der Waals surface area contributed by atoms with E-state index in [0.717, 1.165) is 29.9 Å². The van der Waals surface area contributed by atoms with E-state index in [9.17, 15) is 5.11 Å². The standard InChI is InChI=1S/C15H24O2/c1-6-7-17-15-8-11(4)14(12(5)16)9-13(15)10(2)3/h8-10,12,16H,6-7H2,1-5H3. The largest absolute Gasteiger partial charge is 0.493 e. The van der Waals surface area contributed by atoms with E-state index in [-0.39, 0.29) is 0 Å². The molecule has 1 atom stereocenters. The van der Waals surface area contributed by atoms with Crippen molar-refractivity contribution in [3.63, 3.8) is 0 Å². The third-order valence-corrected chi connectivity index (χ3v) is 2.93. The maximum Gasteiger partial charge on any atom is 0.123 e. The van der Waals surface area contributed by atoms with E-state index in [0.29, 0.717) is 5.92 Å². The van der Waals surface area contributed by atoms with Crippen molar-refractivity contribution in [1.82, 2.24) is 0 Å². The van der Waals surface area contributed by atoms with Gasteiger partial charge in [0, 0.05) is 0 Å². The lowest BCUT2D eigenvalue weighted by molar-refractivity contribution is 0.198. The highest BCUT2D eigenvalue weighted by Crippen LogP contribution is 2.32. The fourth-order valence-electron chi connectivity index (χ4n) is 1.95. The Labute approximate surface area is 105 Å². The van der Waals surface area contributed by atoms with Crippen molar-refractivity contribution >= 4 is 0 Å². The second-order valence-electron chi connectivity index (χ2n) is 4.93. The highest BCUT2D eigenvalue weighted by Gasteiger charge is 2.14. The maximum atomic E-state index is 9.74. The predicted molar refractivity (Wildman–Crippen MR) is 71.7 cm³/mol. The lowest BCUT2D eigenvalue weighted by atomic mass is 9.94. The van der Waals surface area contributed by atoms with E-state index >= 15 is 0 Å². The number of aliphatic hydroxyl groups is 1. The third kappa shape index (κ3) is 3.47. The molecule has 17 heavy (non-hydrogen) atoms. The van der Waals surface area contributed by atoms with E-state index in [1.54, 1.807) is 6.92 Å². The minimum absolute atomic E-state index is 0.403. The zero-order valence-electron chi connectivity index (χ0n) is 11.6.